The molecular formula is C14H27NO2. The number of esters is 1. The number of rotatable bonds is 4. The molecule has 100 valence electrons. The van der Waals surface area contributed by atoms with E-state index in [1.807, 2.05) is 20.8 Å². The lowest BCUT2D eigenvalue weighted by atomic mass is 9.85. The monoisotopic (exact) mass is 241 g/mol. The van der Waals surface area contributed by atoms with Crippen LogP contribution in [0.2, 0.25) is 0 Å². The van der Waals surface area contributed by atoms with Gasteiger partial charge in [0.05, 0.1) is 6.54 Å². The Hall–Kier alpha value is -0.570. The summed E-state index contributed by atoms with van der Waals surface area (Å²) in [6.45, 7) is 8.68. The molecule has 1 rings (SSSR count). The van der Waals surface area contributed by atoms with Crippen LogP contribution in [0.3, 0.4) is 0 Å². The highest BCUT2D eigenvalue weighted by Gasteiger charge is 2.24. The molecule has 0 amide bonds. The van der Waals surface area contributed by atoms with Gasteiger partial charge in [0.15, 0.2) is 0 Å². The molecule has 3 nitrogen and oxygen atoms in total. The third kappa shape index (κ3) is 6.06. The van der Waals surface area contributed by atoms with Crippen molar-refractivity contribution in [1.82, 2.24) is 5.32 Å². The molecule has 2 unspecified atom stereocenters. The van der Waals surface area contributed by atoms with Gasteiger partial charge in [-0.3, -0.25) is 4.79 Å². The van der Waals surface area contributed by atoms with Crippen LogP contribution < -0.4 is 5.32 Å². The van der Waals surface area contributed by atoms with E-state index in [4.69, 9.17) is 4.74 Å². The zero-order valence-electron chi connectivity index (χ0n) is 11.7. The van der Waals surface area contributed by atoms with Crippen LogP contribution in [0.1, 0.15) is 59.8 Å². The van der Waals surface area contributed by atoms with Gasteiger partial charge in [-0.15, -0.1) is 0 Å². The van der Waals surface area contributed by atoms with E-state index in [9.17, 15) is 4.79 Å². The van der Waals surface area contributed by atoms with Crippen molar-refractivity contribution in [2.24, 2.45) is 5.92 Å². The van der Waals surface area contributed by atoms with Crippen LogP contribution in [0.4, 0.5) is 0 Å². The van der Waals surface area contributed by atoms with E-state index in [1.165, 1.54) is 19.3 Å². The molecule has 0 spiro atoms. The topological polar surface area (TPSA) is 38.3 Å². The molecular weight excluding hydrogens is 214 g/mol. The van der Waals surface area contributed by atoms with Crippen molar-refractivity contribution in [3.63, 3.8) is 0 Å². The Morgan fingerprint density at radius 3 is 2.65 bits per heavy atom. The standard InChI is InChI=1S/C14H27NO2/c1-5-11-7-6-8-12(9-11)17-13(16)10-15-14(2,3)4/h11-12,15H,5-10H2,1-4H3. The molecule has 17 heavy (non-hydrogen) atoms. The van der Waals surface area contributed by atoms with Crippen molar-refractivity contribution >= 4 is 5.97 Å². The van der Waals surface area contributed by atoms with Gasteiger partial charge in [0, 0.05) is 5.54 Å². The normalized spacial score (nSPS) is 25.6. The Morgan fingerprint density at radius 1 is 1.35 bits per heavy atom. The number of hydrogen-bond acceptors (Lipinski definition) is 3. The zero-order chi connectivity index (χ0) is 12.9. The largest absolute Gasteiger partial charge is 0.461 e. The maximum absolute atomic E-state index is 11.7. The first-order valence-electron chi connectivity index (χ1n) is 6.85. The maximum atomic E-state index is 11.7. The van der Waals surface area contributed by atoms with Gasteiger partial charge >= 0.3 is 5.97 Å². The predicted molar refractivity (Wildman–Crippen MR) is 69.9 cm³/mol. The molecule has 1 saturated carbocycles. The van der Waals surface area contributed by atoms with Gasteiger partial charge < -0.3 is 10.1 Å². The van der Waals surface area contributed by atoms with Crippen LogP contribution in [0, 0.1) is 5.92 Å². The highest BCUT2D eigenvalue weighted by molar-refractivity contribution is 5.71. The Morgan fingerprint density at radius 2 is 2.06 bits per heavy atom. The summed E-state index contributed by atoms with van der Waals surface area (Å²) in [6.07, 6.45) is 5.94. The summed E-state index contributed by atoms with van der Waals surface area (Å²) in [4.78, 5) is 11.7. The average molecular weight is 241 g/mol. The summed E-state index contributed by atoms with van der Waals surface area (Å²) in [5.41, 5.74) is -0.0302. The summed E-state index contributed by atoms with van der Waals surface area (Å²) in [6, 6.07) is 0. The van der Waals surface area contributed by atoms with Crippen molar-refractivity contribution in [3.05, 3.63) is 0 Å². The quantitative estimate of drug-likeness (QED) is 0.769. The van der Waals surface area contributed by atoms with Crippen molar-refractivity contribution in [2.75, 3.05) is 6.54 Å². The molecule has 0 radical (unpaired) electrons. The van der Waals surface area contributed by atoms with Crippen LogP contribution in [-0.2, 0) is 9.53 Å². The summed E-state index contributed by atoms with van der Waals surface area (Å²) < 4.78 is 5.52. The number of nitrogens with one attached hydrogen (secondary N) is 1. The van der Waals surface area contributed by atoms with Gasteiger partial charge in [0.2, 0.25) is 0 Å². The fourth-order valence-corrected chi connectivity index (χ4v) is 2.28. The number of carbonyl (C=O) groups excluding carboxylic acids is 1. The molecule has 1 fully saturated rings. The zero-order valence-corrected chi connectivity index (χ0v) is 11.7. The minimum absolute atomic E-state index is 0.0302. The fraction of sp³-hybridized carbons (Fsp3) is 0.929. The van der Waals surface area contributed by atoms with E-state index >= 15 is 0 Å². The summed E-state index contributed by atoms with van der Waals surface area (Å²) in [5, 5.41) is 3.16. The number of hydrogen-bond donors (Lipinski definition) is 1. The van der Waals surface area contributed by atoms with Gasteiger partial charge in [-0.25, -0.2) is 0 Å². The van der Waals surface area contributed by atoms with E-state index in [-0.39, 0.29) is 17.6 Å². The van der Waals surface area contributed by atoms with Gasteiger partial charge in [-0.1, -0.05) is 19.8 Å². The minimum atomic E-state index is -0.110. The third-order valence-corrected chi connectivity index (χ3v) is 3.37. The lowest BCUT2D eigenvalue weighted by Gasteiger charge is -2.28. The smallest absolute Gasteiger partial charge is 0.320 e. The highest BCUT2D eigenvalue weighted by Crippen LogP contribution is 2.28. The van der Waals surface area contributed by atoms with Crippen LogP contribution in [0.15, 0.2) is 0 Å². The van der Waals surface area contributed by atoms with Gasteiger partial charge in [0.25, 0.3) is 0 Å². The first kappa shape index (κ1) is 14.5. The summed E-state index contributed by atoms with van der Waals surface area (Å²) in [5.74, 6) is 0.638. The Balaban J connectivity index is 2.26. The molecule has 1 aliphatic carbocycles. The van der Waals surface area contributed by atoms with Crippen molar-refractivity contribution in [2.45, 2.75) is 71.4 Å². The SMILES string of the molecule is CCC1CCCC(OC(=O)CNC(C)(C)C)C1. The van der Waals surface area contributed by atoms with Crippen molar-refractivity contribution in [3.8, 4) is 0 Å². The highest BCUT2D eigenvalue weighted by atomic mass is 16.5. The van der Waals surface area contributed by atoms with Crippen LogP contribution in [0.25, 0.3) is 0 Å². The van der Waals surface area contributed by atoms with E-state index in [1.54, 1.807) is 0 Å². The lowest BCUT2D eigenvalue weighted by molar-refractivity contribution is -0.150. The second-order valence-corrected chi connectivity index (χ2v) is 6.16. The first-order chi connectivity index (χ1) is 7.90. The molecule has 0 bridgehead atoms. The number of ether oxygens (including phenoxy) is 1. The molecule has 0 heterocycles. The average Bonchev–Trinajstić information content (AvgIpc) is 2.26. The molecule has 2 atom stereocenters. The van der Waals surface area contributed by atoms with E-state index in [0.717, 1.165) is 18.8 Å². The summed E-state index contributed by atoms with van der Waals surface area (Å²) in [7, 11) is 0. The molecule has 3 heteroatoms. The molecule has 0 aromatic heterocycles. The maximum Gasteiger partial charge on any atom is 0.320 e. The summed E-state index contributed by atoms with van der Waals surface area (Å²) >= 11 is 0. The van der Waals surface area contributed by atoms with E-state index < -0.39 is 0 Å². The third-order valence-electron chi connectivity index (χ3n) is 3.37. The first-order valence-corrected chi connectivity index (χ1v) is 6.85. The second-order valence-electron chi connectivity index (χ2n) is 6.16. The second kappa shape index (κ2) is 6.39. The Bertz CT molecular complexity index is 245. The van der Waals surface area contributed by atoms with E-state index in [0.29, 0.717) is 6.54 Å². The van der Waals surface area contributed by atoms with Crippen molar-refractivity contribution in [1.29, 1.82) is 0 Å². The molecule has 0 aromatic rings. The Kier molecular flexibility index (Phi) is 5.44. The van der Waals surface area contributed by atoms with Crippen LogP contribution >= 0.6 is 0 Å². The van der Waals surface area contributed by atoms with Crippen LogP contribution in [-0.4, -0.2) is 24.2 Å². The van der Waals surface area contributed by atoms with Crippen molar-refractivity contribution < 1.29 is 9.53 Å². The molecule has 0 aliphatic heterocycles. The van der Waals surface area contributed by atoms with Gasteiger partial charge in [0.1, 0.15) is 6.10 Å². The van der Waals surface area contributed by atoms with Gasteiger partial charge in [-0.05, 0) is 46.0 Å². The van der Waals surface area contributed by atoms with Gasteiger partial charge in [-0.2, -0.15) is 0 Å². The fourth-order valence-electron chi connectivity index (χ4n) is 2.28. The minimum Gasteiger partial charge on any atom is -0.461 e. The Labute approximate surface area is 105 Å². The molecule has 1 N–H and O–H groups in total. The molecule has 0 aromatic carbocycles. The van der Waals surface area contributed by atoms with E-state index in [2.05, 4.69) is 12.2 Å². The number of carbonyl (C=O) groups is 1. The van der Waals surface area contributed by atoms with Crippen LogP contribution in [0.5, 0.6) is 0 Å². The molecule has 1 aliphatic rings. The lowest BCUT2D eigenvalue weighted by Crippen LogP contribution is -2.41. The molecule has 0 saturated heterocycles. The predicted octanol–water partition coefficient (Wildman–Crippen LogP) is 2.89.